The summed E-state index contributed by atoms with van der Waals surface area (Å²) in [4.78, 5) is 13.7. The molecule has 2 amide bonds. The van der Waals surface area contributed by atoms with E-state index in [2.05, 4.69) is 5.32 Å². The Morgan fingerprint density at radius 3 is 2.73 bits per heavy atom. The molecule has 1 atom stereocenters. The molecule has 1 heterocycles. The zero-order chi connectivity index (χ0) is 10.7. The SMILES string of the molecule is CC1OCCCN1C(=O)NC1CCCC1. The predicted molar refractivity (Wildman–Crippen MR) is 57.5 cm³/mol. The van der Waals surface area contributed by atoms with Crippen molar-refractivity contribution in [2.24, 2.45) is 0 Å². The second kappa shape index (κ2) is 4.84. The fraction of sp³-hybridized carbons (Fsp3) is 0.909. The Morgan fingerprint density at radius 2 is 2.07 bits per heavy atom. The molecule has 1 aliphatic carbocycles. The largest absolute Gasteiger partial charge is 0.358 e. The quantitative estimate of drug-likeness (QED) is 0.719. The Morgan fingerprint density at radius 1 is 1.33 bits per heavy atom. The first kappa shape index (κ1) is 10.7. The molecule has 2 aliphatic rings. The number of hydrogen-bond acceptors (Lipinski definition) is 2. The van der Waals surface area contributed by atoms with Crippen LogP contribution in [0.3, 0.4) is 0 Å². The molecular weight excluding hydrogens is 192 g/mol. The number of ether oxygens (including phenoxy) is 1. The Kier molecular flexibility index (Phi) is 3.46. The maximum absolute atomic E-state index is 11.9. The first-order chi connectivity index (χ1) is 7.27. The van der Waals surface area contributed by atoms with E-state index in [1.165, 1.54) is 12.8 Å². The fourth-order valence-electron chi connectivity index (χ4n) is 2.35. The Bertz CT molecular complexity index is 227. The second-order valence-electron chi connectivity index (χ2n) is 4.45. The van der Waals surface area contributed by atoms with Gasteiger partial charge in [-0.15, -0.1) is 0 Å². The summed E-state index contributed by atoms with van der Waals surface area (Å²) in [6.07, 6.45) is 5.64. The van der Waals surface area contributed by atoms with Crippen LogP contribution < -0.4 is 5.32 Å². The van der Waals surface area contributed by atoms with Crippen LogP contribution in [0.15, 0.2) is 0 Å². The lowest BCUT2D eigenvalue weighted by Gasteiger charge is -2.34. The van der Waals surface area contributed by atoms with E-state index in [4.69, 9.17) is 4.74 Å². The van der Waals surface area contributed by atoms with Crippen molar-refractivity contribution in [2.45, 2.75) is 51.3 Å². The van der Waals surface area contributed by atoms with Gasteiger partial charge in [0.2, 0.25) is 0 Å². The van der Waals surface area contributed by atoms with Crippen molar-refractivity contribution in [3.8, 4) is 0 Å². The van der Waals surface area contributed by atoms with Crippen molar-refractivity contribution in [3.05, 3.63) is 0 Å². The van der Waals surface area contributed by atoms with Gasteiger partial charge in [0, 0.05) is 12.6 Å². The molecule has 1 N–H and O–H groups in total. The normalized spacial score (nSPS) is 28.1. The van der Waals surface area contributed by atoms with Crippen molar-refractivity contribution in [2.75, 3.05) is 13.2 Å². The highest BCUT2D eigenvalue weighted by atomic mass is 16.5. The summed E-state index contributed by atoms with van der Waals surface area (Å²) in [6.45, 7) is 3.53. The maximum atomic E-state index is 11.9. The second-order valence-corrected chi connectivity index (χ2v) is 4.45. The van der Waals surface area contributed by atoms with Gasteiger partial charge >= 0.3 is 6.03 Å². The molecule has 2 rings (SSSR count). The first-order valence-corrected chi connectivity index (χ1v) is 5.96. The standard InChI is InChI=1S/C11H20N2O2/c1-9-13(7-4-8-15-9)11(14)12-10-5-2-3-6-10/h9-10H,2-8H2,1H3,(H,12,14). The monoisotopic (exact) mass is 212 g/mol. The van der Waals surface area contributed by atoms with Crippen LogP contribution in [-0.4, -0.2) is 36.4 Å². The van der Waals surface area contributed by atoms with Gasteiger partial charge in [0.05, 0.1) is 6.61 Å². The number of amides is 2. The Hall–Kier alpha value is -0.770. The molecule has 1 unspecified atom stereocenters. The molecule has 0 spiro atoms. The number of carbonyl (C=O) groups excluding carboxylic acids is 1. The van der Waals surface area contributed by atoms with Crippen LogP contribution in [0, 0.1) is 0 Å². The van der Waals surface area contributed by atoms with E-state index in [9.17, 15) is 4.79 Å². The van der Waals surface area contributed by atoms with Gasteiger partial charge in [0.15, 0.2) is 0 Å². The third-order valence-electron chi connectivity index (χ3n) is 3.28. The lowest BCUT2D eigenvalue weighted by atomic mass is 10.2. The Balaban J connectivity index is 1.83. The van der Waals surface area contributed by atoms with Gasteiger partial charge in [0.25, 0.3) is 0 Å². The Labute approximate surface area is 91.0 Å². The highest BCUT2D eigenvalue weighted by Crippen LogP contribution is 2.18. The molecule has 0 aromatic rings. The molecule has 0 radical (unpaired) electrons. The molecule has 1 saturated carbocycles. The summed E-state index contributed by atoms with van der Waals surface area (Å²) in [5, 5.41) is 3.09. The molecule has 15 heavy (non-hydrogen) atoms. The molecule has 0 bridgehead atoms. The first-order valence-electron chi connectivity index (χ1n) is 5.96. The number of hydrogen-bond donors (Lipinski definition) is 1. The van der Waals surface area contributed by atoms with E-state index < -0.39 is 0 Å². The lowest BCUT2D eigenvalue weighted by molar-refractivity contribution is -0.0602. The lowest BCUT2D eigenvalue weighted by Crippen LogP contribution is -2.51. The van der Waals surface area contributed by atoms with Gasteiger partial charge in [0.1, 0.15) is 6.23 Å². The third kappa shape index (κ3) is 2.62. The summed E-state index contributed by atoms with van der Waals surface area (Å²) >= 11 is 0. The van der Waals surface area contributed by atoms with E-state index in [1.54, 1.807) is 4.90 Å². The molecule has 4 nitrogen and oxygen atoms in total. The van der Waals surface area contributed by atoms with Gasteiger partial charge in [-0.1, -0.05) is 12.8 Å². The van der Waals surface area contributed by atoms with Gasteiger partial charge < -0.3 is 10.1 Å². The van der Waals surface area contributed by atoms with E-state index >= 15 is 0 Å². The van der Waals surface area contributed by atoms with Crippen molar-refractivity contribution >= 4 is 6.03 Å². The van der Waals surface area contributed by atoms with Gasteiger partial charge in [-0.3, -0.25) is 4.90 Å². The predicted octanol–water partition coefficient (Wildman–Crippen LogP) is 1.71. The van der Waals surface area contributed by atoms with E-state index in [1.807, 2.05) is 6.92 Å². The third-order valence-corrected chi connectivity index (χ3v) is 3.28. The summed E-state index contributed by atoms with van der Waals surface area (Å²) in [5.74, 6) is 0. The molecule has 1 saturated heterocycles. The van der Waals surface area contributed by atoms with Gasteiger partial charge in [-0.05, 0) is 26.2 Å². The minimum absolute atomic E-state index is 0.0501. The zero-order valence-electron chi connectivity index (χ0n) is 9.37. The molecule has 0 aromatic heterocycles. The number of carbonyl (C=O) groups is 1. The van der Waals surface area contributed by atoms with Crippen LogP contribution in [0.5, 0.6) is 0 Å². The average Bonchev–Trinajstić information content (AvgIpc) is 2.71. The maximum Gasteiger partial charge on any atom is 0.319 e. The van der Waals surface area contributed by atoms with Gasteiger partial charge in [-0.2, -0.15) is 0 Å². The number of urea groups is 1. The molecule has 2 fully saturated rings. The highest BCUT2D eigenvalue weighted by molar-refractivity contribution is 5.74. The van der Waals surface area contributed by atoms with Crippen molar-refractivity contribution in [3.63, 3.8) is 0 Å². The number of nitrogens with one attached hydrogen (secondary N) is 1. The number of nitrogens with zero attached hydrogens (tertiary/aromatic N) is 1. The van der Waals surface area contributed by atoms with Crippen LogP contribution >= 0.6 is 0 Å². The minimum atomic E-state index is -0.0693. The molecule has 1 aliphatic heterocycles. The average molecular weight is 212 g/mol. The van der Waals surface area contributed by atoms with Crippen molar-refractivity contribution < 1.29 is 9.53 Å². The summed E-state index contributed by atoms with van der Waals surface area (Å²) in [5.41, 5.74) is 0. The molecule has 4 heteroatoms. The summed E-state index contributed by atoms with van der Waals surface area (Å²) in [6, 6.07) is 0.445. The van der Waals surface area contributed by atoms with Crippen LogP contribution in [-0.2, 0) is 4.74 Å². The zero-order valence-corrected chi connectivity index (χ0v) is 9.37. The highest BCUT2D eigenvalue weighted by Gasteiger charge is 2.26. The van der Waals surface area contributed by atoms with Crippen LogP contribution in [0.25, 0.3) is 0 Å². The fourth-order valence-corrected chi connectivity index (χ4v) is 2.35. The number of rotatable bonds is 1. The van der Waals surface area contributed by atoms with Crippen molar-refractivity contribution in [1.82, 2.24) is 10.2 Å². The van der Waals surface area contributed by atoms with Crippen LogP contribution in [0.4, 0.5) is 4.79 Å². The van der Waals surface area contributed by atoms with Crippen molar-refractivity contribution in [1.29, 1.82) is 0 Å². The summed E-state index contributed by atoms with van der Waals surface area (Å²) in [7, 11) is 0. The topological polar surface area (TPSA) is 41.6 Å². The smallest absolute Gasteiger partial charge is 0.319 e. The molecule has 0 aromatic carbocycles. The van der Waals surface area contributed by atoms with E-state index in [-0.39, 0.29) is 12.3 Å². The van der Waals surface area contributed by atoms with E-state index in [0.29, 0.717) is 6.04 Å². The summed E-state index contributed by atoms with van der Waals surface area (Å²) < 4.78 is 5.44. The minimum Gasteiger partial charge on any atom is -0.358 e. The van der Waals surface area contributed by atoms with E-state index in [0.717, 1.165) is 32.4 Å². The molecule has 86 valence electrons. The van der Waals surface area contributed by atoms with Gasteiger partial charge in [-0.25, -0.2) is 4.79 Å². The molecular formula is C11H20N2O2. The van der Waals surface area contributed by atoms with Crippen LogP contribution in [0.1, 0.15) is 39.0 Å². The van der Waals surface area contributed by atoms with Crippen LogP contribution in [0.2, 0.25) is 0 Å².